The molecule has 0 radical (unpaired) electrons. The number of ether oxygens (including phenoxy) is 1. The second-order valence-corrected chi connectivity index (χ2v) is 6.10. The molecule has 1 aromatic carbocycles. The van der Waals surface area contributed by atoms with Crippen molar-refractivity contribution in [1.82, 2.24) is 5.32 Å². The molecule has 2 nitrogen and oxygen atoms in total. The van der Waals surface area contributed by atoms with E-state index in [1.54, 1.807) is 0 Å². The third-order valence-electron chi connectivity index (χ3n) is 4.10. The van der Waals surface area contributed by atoms with Crippen LogP contribution in [-0.2, 0) is 0 Å². The molecule has 2 atom stereocenters. The van der Waals surface area contributed by atoms with Crippen LogP contribution in [-0.4, -0.2) is 18.7 Å². The van der Waals surface area contributed by atoms with Gasteiger partial charge in [0.25, 0.3) is 0 Å². The van der Waals surface area contributed by atoms with E-state index in [9.17, 15) is 0 Å². The first kappa shape index (κ1) is 13.4. The van der Waals surface area contributed by atoms with E-state index in [0.29, 0.717) is 12.1 Å². The zero-order valence-corrected chi connectivity index (χ0v) is 12.2. The van der Waals surface area contributed by atoms with Gasteiger partial charge in [-0.25, -0.2) is 0 Å². The first-order valence-corrected chi connectivity index (χ1v) is 6.92. The lowest BCUT2D eigenvalue weighted by Crippen LogP contribution is -2.62. The molecule has 2 heteroatoms. The summed E-state index contributed by atoms with van der Waals surface area (Å²) in [5.74, 6) is 1.01. The number of rotatable bonds is 4. The van der Waals surface area contributed by atoms with Crippen molar-refractivity contribution in [3.05, 3.63) is 29.3 Å². The SMILES string of the molecule is CCNC1CC(Oc2cc(C)cc(C)c2)C1(C)C. The molecule has 0 bridgehead atoms. The predicted octanol–water partition coefficient (Wildman–Crippen LogP) is 3.46. The van der Waals surface area contributed by atoms with E-state index < -0.39 is 0 Å². The van der Waals surface area contributed by atoms with Crippen molar-refractivity contribution in [3.63, 3.8) is 0 Å². The maximum absolute atomic E-state index is 6.16. The molecule has 1 aliphatic rings. The van der Waals surface area contributed by atoms with Crippen molar-refractivity contribution >= 4 is 0 Å². The zero-order chi connectivity index (χ0) is 13.3. The highest BCUT2D eigenvalue weighted by molar-refractivity contribution is 5.33. The Bertz CT molecular complexity index is 405. The van der Waals surface area contributed by atoms with E-state index in [1.807, 2.05) is 0 Å². The summed E-state index contributed by atoms with van der Waals surface area (Å²) >= 11 is 0. The number of hydrogen-bond acceptors (Lipinski definition) is 2. The lowest BCUT2D eigenvalue weighted by atomic mass is 9.64. The molecule has 1 saturated carbocycles. The van der Waals surface area contributed by atoms with Gasteiger partial charge in [0.05, 0.1) is 0 Å². The van der Waals surface area contributed by atoms with Crippen molar-refractivity contribution in [2.75, 3.05) is 6.54 Å². The predicted molar refractivity (Wildman–Crippen MR) is 76.2 cm³/mol. The molecular formula is C16H25NO. The number of hydrogen-bond donors (Lipinski definition) is 1. The summed E-state index contributed by atoms with van der Waals surface area (Å²) in [4.78, 5) is 0. The highest BCUT2D eigenvalue weighted by Gasteiger charge is 2.49. The molecule has 0 amide bonds. The van der Waals surface area contributed by atoms with E-state index in [0.717, 1.165) is 18.7 Å². The Labute approximate surface area is 111 Å². The van der Waals surface area contributed by atoms with Crippen LogP contribution in [0.3, 0.4) is 0 Å². The van der Waals surface area contributed by atoms with Gasteiger partial charge in [-0.2, -0.15) is 0 Å². The monoisotopic (exact) mass is 247 g/mol. The second kappa shape index (κ2) is 4.93. The van der Waals surface area contributed by atoms with Gasteiger partial charge in [-0.15, -0.1) is 0 Å². The van der Waals surface area contributed by atoms with Gasteiger partial charge in [-0.05, 0) is 43.7 Å². The Hall–Kier alpha value is -1.02. The number of nitrogens with one attached hydrogen (secondary N) is 1. The summed E-state index contributed by atoms with van der Waals surface area (Å²) in [5, 5.41) is 3.53. The lowest BCUT2D eigenvalue weighted by Gasteiger charge is -2.51. The summed E-state index contributed by atoms with van der Waals surface area (Å²) in [5.41, 5.74) is 2.75. The van der Waals surface area contributed by atoms with Crippen molar-refractivity contribution in [2.45, 2.75) is 53.2 Å². The van der Waals surface area contributed by atoms with Crippen molar-refractivity contribution < 1.29 is 4.74 Å². The highest BCUT2D eigenvalue weighted by atomic mass is 16.5. The first-order valence-electron chi connectivity index (χ1n) is 6.92. The molecule has 1 aliphatic carbocycles. The highest BCUT2D eigenvalue weighted by Crippen LogP contribution is 2.43. The van der Waals surface area contributed by atoms with E-state index in [4.69, 9.17) is 4.74 Å². The van der Waals surface area contributed by atoms with Gasteiger partial charge in [0, 0.05) is 17.9 Å². The Balaban J connectivity index is 2.03. The van der Waals surface area contributed by atoms with Crippen LogP contribution in [0, 0.1) is 19.3 Å². The molecule has 1 N–H and O–H groups in total. The molecule has 2 unspecified atom stereocenters. The minimum Gasteiger partial charge on any atom is -0.490 e. The van der Waals surface area contributed by atoms with Gasteiger partial charge >= 0.3 is 0 Å². The zero-order valence-electron chi connectivity index (χ0n) is 12.2. The average Bonchev–Trinajstić information content (AvgIpc) is 2.26. The van der Waals surface area contributed by atoms with Crippen LogP contribution >= 0.6 is 0 Å². The number of benzene rings is 1. The molecule has 0 saturated heterocycles. The molecule has 100 valence electrons. The Kier molecular flexibility index (Phi) is 3.67. The topological polar surface area (TPSA) is 21.3 Å². The molecule has 0 heterocycles. The van der Waals surface area contributed by atoms with Gasteiger partial charge in [0.15, 0.2) is 0 Å². The average molecular weight is 247 g/mol. The lowest BCUT2D eigenvalue weighted by molar-refractivity contribution is -0.0541. The molecule has 0 spiro atoms. The van der Waals surface area contributed by atoms with Crippen LogP contribution < -0.4 is 10.1 Å². The molecule has 0 aliphatic heterocycles. The molecule has 2 rings (SSSR count). The van der Waals surface area contributed by atoms with Gasteiger partial charge < -0.3 is 10.1 Å². The maximum atomic E-state index is 6.16. The van der Waals surface area contributed by atoms with Gasteiger partial charge in [-0.1, -0.05) is 26.8 Å². The summed E-state index contributed by atoms with van der Waals surface area (Å²) < 4.78 is 6.16. The second-order valence-electron chi connectivity index (χ2n) is 6.10. The normalized spacial score (nSPS) is 25.6. The minimum absolute atomic E-state index is 0.216. The fourth-order valence-electron chi connectivity index (χ4n) is 2.84. The first-order chi connectivity index (χ1) is 8.43. The van der Waals surface area contributed by atoms with E-state index in [2.05, 4.69) is 58.1 Å². The standard InChI is InChI=1S/C16H25NO/c1-6-17-14-10-15(16(14,4)5)18-13-8-11(2)7-12(3)9-13/h7-9,14-15,17H,6,10H2,1-5H3. The summed E-state index contributed by atoms with van der Waals surface area (Å²) in [7, 11) is 0. The summed E-state index contributed by atoms with van der Waals surface area (Å²) in [6, 6.07) is 7.02. The molecular weight excluding hydrogens is 222 g/mol. The largest absolute Gasteiger partial charge is 0.490 e. The Morgan fingerprint density at radius 1 is 1.22 bits per heavy atom. The van der Waals surface area contributed by atoms with Crippen LogP contribution in [0.4, 0.5) is 0 Å². The van der Waals surface area contributed by atoms with Gasteiger partial charge in [0.2, 0.25) is 0 Å². The van der Waals surface area contributed by atoms with Gasteiger partial charge in [0.1, 0.15) is 11.9 Å². The third kappa shape index (κ3) is 2.54. The van der Waals surface area contributed by atoms with Crippen LogP contribution in [0.5, 0.6) is 5.75 Å². The van der Waals surface area contributed by atoms with Crippen LogP contribution in [0.15, 0.2) is 18.2 Å². The maximum Gasteiger partial charge on any atom is 0.120 e. The van der Waals surface area contributed by atoms with Crippen LogP contribution in [0.2, 0.25) is 0 Å². The molecule has 1 fully saturated rings. The van der Waals surface area contributed by atoms with E-state index in [1.165, 1.54) is 11.1 Å². The Morgan fingerprint density at radius 2 is 1.83 bits per heavy atom. The van der Waals surface area contributed by atoms with Crippen molar-refractivity contribution in [1.29, 1.82) is 0 Å². The van der Waals surface area contributed by atoms with Crippen LogP contribution in [0.25, 0.3) is 0 Å². The smallest absolute Gasteiger partial charge is 0.120 e. The summed E-state index contributed by atoms with van der Waals surface area (Å²) in [6.07, 6.45) is 1.43. The van der Waals surface area contributed by atoms with Crippen LogP contribution in [0.1, 0.15) is 38.3 Å². The van der Waals surface area contributed by atoms with Crippen molar-refractivity contribution in [2.24, 2.45) is 5.41 Å². The number of aryl methyl sites for hydroxylation is 2. The third-order valence-corrected chi connectivity index (χ3v) is 4.10. The van der Waals surface area contributed by atoms with Crippen molar-refractivity contribution in [3.8, 4) is 5.75 Å². The minimum atomic E-state index is 0.216. The van der Waals surface area contributed by atoms with E-state index >= 15 is 0 Å². The summed E-state index contributed by atoms with van der Waals surface area (Å²) in [6.45, 7) is 12.0. The molecule has 1 aromatic rings. The quantitative estimate of drug-likeness (QED) is 0.879. The van der Waals surface area contributed by atoms with Gasteiger partial charge in [-0.3, -0.25) is 0 Å². The molecule has 0 aromatic heterocycles. The van der Waals surface area contributed by atoms with E-state index in [-0.39, 0.29) is 5.41 Å². The fourth-order valence-corrected chi connectivity index (χ4v) is 2.84. The molecule has 18 heavy (non-hydrogen) atoms. The fraction of sp³-hybridized carbons (Fsp3) is 0.625. The Morgan fingerprint density at radius 3 is 2.33 bits per heavy atom.